The van der Waals surface area contributed by atoms with Crippen molar-refractivity contribution in [2.24, 2.45) is 0 Å². The minimum absolute atomic E-state index is 0.238. The molecule has 2 unspecified atom stereocenters. The third kappa shape index (κ3) is 28.8. The molecule has 0 aromatic carbocycles. The maximum Gasteiger partial charge on any atom is 0.220 e. The number of allylic oxidation sites excluding steroid dienone is 3. The first kappa shape index (κ1) is 64.6. The molecule has 0 aliphatic carbocycles. The second kappa shape index (κ2) is 42.8. The molecule has 412 valence electrons. The van der Waals surface area contributed by atoms with E-state index in [4.69, 9.17) is 18.9 Å². The van der Waals surface area contributed by atoms with Crippen LogP contribution in [-0.2, 0) is 23.7 Å². The zero-order valence-corrected chi connectivity index (χ0v) is 44.0. The van der Waals surface area contributed by atoms with Crippen LogP contribution in [0.1, 0.15) is 232 Å². The first-order valence-electron chi connectivity index (χ1n) is 28.6. The second-order valence-corrected chi connectivity index (χ2v) is 20.4. The minimum Gasteiger partial charge on any atom is -0.394 e. The smallest absolute Gasteiger partial charge is 0.220 e. The fourth-order valence-corrected chi connectivity index (χ4v) is 9.46. The fraction of sp³-hybridized carbons (Fsp3) is 0.911. The van der Waals surface area contributed by atoms with Gasteiger partial charge in [0, 0.05) is 6.42 Å². The van der Waals surface area contributed by atoms with Crippen molar-refractivity contribution in [2.45, 2.75) is 306 Å². The van der Waals surface area contributed by atoms with E-state index in [2.05, 4.69) is 31.3 Å². The van der Waals surface area contributed by atoms with Crippen LogP contribution in [0.3, 0.4) is 0 Å². The van der Waals surface area contributed by atoms with Crippen molar-refractivity contribution >= 4 is 5.91 Å². The molecule has 70 heavy (non-hydrogen) atoms. The number of unbranched alkanes of at least 4 members (excludes halogenated alkanes) is 30. The number of nitrogens with one attached hydrogen (secondary N) is 1. The highest BCUT2D eigenvalue weighted by molar-refractivity contribution is 5.76. The lowest BCUT2D eigenvalue weighted by Gasteiger charge is -2.46. The molecule has 0 bridgehead atoms. The van der Waals surface area contributed by atoms with Crippen molar-refractivity contribution in [1.82, 2.24) is 5.32 Å². The van der Waals surface area contributed by atoms with E-state index >= 15 is 0 Å². The monoisotopic (exact) mass is 1000 g/mol. The van der Waals surface area contributed by atoms with Crippen LogP contribution in [0.5, 0.6) is 0 Å². The molecule has 0 radical (unpaired) electrons. The van der Waals surface area contributed by atoms with Gasteiger partial charge in [-0.1, -0.05) is 205 Å². The topological polar surface area (TPSA) is 228 Å². The number of aliphatic hydroxyl groups excluding tert-OH is 8. The normalized spacial score (nSPS) is 26.1. The zero-order chi connectivity index (χ0) is 51.0. The Morgan fingerprint density at radius 3 is 1.36 bits per heavy atom. The Bertz CT molecular complexity index is 1270. The van der Waals surface area contributed by atoms with E-state index in [1.807, 2.05) is 6.08 Å². The van der Waals surface area contributed by atoms with E-state index in [0.29, 0.717) is 6.42 Å². The molecule has 14 heteroatoms. The maximum atomic E-state index is 13.2. The van der Waals surface area contributed by atoms with Crippen LogP contribution in [0.4, 0.5) is 0 Å². The SMILES string of the molecule is CCCCCCCCC=CCCCCCCCCCCCCCCCC(=O)NC(CO[C@@H]1O[C@H](CO)[C@H](O[C@H]2O[C@H](CO)[C@H](O)[C@H](O)[C@H]2O)[C@H](O)[C@H]1O)C(O)C=CCCCCCCCCCCCCC. The summed E-state index contributed by atoms with van der Waals surface area (Å²) in [4.78, 5) is 13.2. The van der Waals surface area contributed by atoms with Gasteiger partial charge in [0.15, 0.2) is 12.6 Å². The van der Waals surface area contributed by atoms with Crippen molar-refractivity contribution in [3.8, 4) is 0 Å². The molecule has 12 atom stereocenters. The van der Waals surface area contributed by atoms with E-state index in [-0.39, 0.29) is 18.9 Å². The van der Waals surface area contributed by atoms with Crippen molar-refractivity contribution in [3.05, 3.63) is 24.3 Å². The number of carbonyl (C=O) groups is 1. The van der Waals surface area contributed by atoms with Crippen molar-refractivity contribution in [1.29, 1.82) is 0 Å². The molecule has 2 aliphatic heterocycles. The average molecular weight is 1000 g/mol. The van der Waals surface area contributed by atoms with Gasteiger partial charge in [0.05, 0.1) is 32.0 Å². The molecule has 0 aromatic heterocycles. The van der Waals surface area contributed by atoms with E-state index in [1.165, 1.54) is 167 Å². The summed E-state index contributed by atoms with van der Waals surface area (Å²) in [7, 11) is 0. The summed E-state index contributed by atoms with van der Waals surface area (Å²) in [5.41, 5.74) is 0. The van der Waals surface area contributed by atoms with Crippen LogP contribution in [-0.4, -0.2) is 140 Å². The Balaban J connectivity index is 1.75. The van der Waals surface area contributed by atoms with Gasteiger partial charge in [-0.3, -0.25) is 4.79 Å². The van der Waals surface area contributed by atoms with Gasteiger partial charge >= 0.3 is 0 Å². The lowest BCUT2D eigenvalue weighted by atomic mass is 9.97. The summed E-state index contributed by atoms with van der Waals surface area (Å²) in [6, 6.07) is -0.911. The van der Waals surface area contributed by atoms with Crippen LogP contribution < -0.4 is 5.32 Å². The lowest BCUT2D eigenvalue weighted by Crippen LogP contribution is -2.65. The zero-order valence-electron chi connectivity index (χ0n) is 44.0. The number of hydrogen-bond donors (Lipinski definition) is 9. The van der Waals surface area contributed by atoms with Gasteiger partial charge < -0.3 is 65.1 Å². The van der Waals surface area contributed by atoms with E-state index in [0.717, 1.165) is 38.5 Å². The molecule has 14 nitrogen and oxygen atoms in total. The van der Waals surface area contributed by atoms with Crippen molar-refractivity contribution in [3.63, 3.8) is 0 Å². The largest absolute Gasteiger partial charge is 0.394 e. The molecule has 0 saturated carbocycles. The van der Waals surface area contributed by atoms with Crippen LogP contribution >= 0.6 is 0 Å². The molecular formula is C56H105NO13. The van der Waals surface area contributed by atoms with Gasteiger partial charge in [0.1, 0.15) is 48.8 Å². The standard InChI is InChI=1S/C56H105NO13/c1-3-5-7-9-11-13-15-17-18-19-20-21-22-23-24-25-26-28-30-32-34-36-38-40-48(61)57-44(45(60)39-37-35-33-31-29-27-16-14-12-10-8-6-4-2)43-67-55-53(66)51(64)54(47(42-59)69-55)70-56-52(65)50(63)49(62)46(41-58)68-56/h17-18,37,39,44-47,49-56,58-60,62-66H,3-16,19-36,38,40-43H2,1-2H3,(H,57,61)/t44?,45?,46-,47-,49+,50+,51-,52-,53-,54+,55-,56-/m1/s1. The van der Waals surface area contributed by atoms with Crippen molar-refractivity contribution < 1.29 is 64.6 Å². The Hall–Kier alpha value is -1.53. The van der Waals surface area contributed by atoms with Crippen LogP contribution in [0.25, 0.3) is 0 Å². The molecular weight excluding hydrogens is 895 g/mol. The summed E-state index contributed by atoms with van der Waals surface area (Å²) in [5.74, 6) is -0.238. The summed E-state index contributed by atoms with van der Waals surface area (Å²) >= 11 is 0. The number of rotatable bonds is 45. The average Bonchev–Trinajstić information content (AvgIpc) is 3.36. The Morgan fingerprint density at radius 2 is 0.900 bits per heavy atom. The lowest BCUT2D eigenvalue weighted by molar-refractivity contribution is -0.359. The molecule has 2 aliphatic rings. The highest BCUT2D eigenvalue weighted by atomic mass is 16.7. The van der Waals surface area contributed by atoms with E-state index in [1.54, 1.807) is 6.08 Å². The number of carbonyl (C=O) groups excluding carboxylic acids is 1. The van der Waals surface area contributed by atoms with Gasteiger partial charge in [-0.25, -0.2) is 0 Å². The fourth-order valence-electron chi connectivity index (χ4n) is 9.46. The first-order valence-corrected chi connectivity index (χ1v) is 28.6. The number of aliphatic hydroxyl groups is 8. The molecule has 0 spiro atoms. The maximum absolute atomic E-state index is 13.2. The molecule has 0 aromatic rings. The first-order chi connectivity index (χ1) is 34.1. The van der Waals surface area contributed by atoms with Gasteiger partial charge in [-0.2, -0.15) is 0 Å². The highest BCUT2D eigenvalue weighted by Gasteiger charge is 2.51. The summed E-state index contributed by atoms with van der Waals surface area (Å²) < 4.78 is 22.7. The van der Waals surface area contributed by atoms with Gasteiger partial charge in [0.2, 0.25) is 5.91 Å². The second-order valence-electron chi connectivity index (χ2n) is 20.4. The predicted octanol–water partition coefficient (Wildman–Crippen LogP) is 8.89. The number of hydrogen-bond acceptors (Lipinski definition) is 13. The molecule has 2 heterocycles. The third-order valence-electron chi connectivity index (χ3n) is 14.1. The van der Waals surface area contributed by atoms with Gasteiger partial charge in [-0.05, 0) is 44.9 Å². The third-order valence-corrected chi connectivity index (χ3v) is 14.1. The van der Waals surface area contributed by atoms with Gasteiger partial charge in [0.25, 0.3) is 0 Å². The van der Waals surface area contributed by atoms with Crippen molar-refractivity contribution in [2.75, 3.05) is 19.8 Å². The van der Waals surface area contributed by atoms with Crippen LogP contribution in [0.15, 0.2) is 24.3 Å². The molecule has 9 N–H and O–H groups in total. The Kier molecular flexibility index (Phi) is 39.5. The molecule has 2 fully saturated rings. The predicted molar refractivity (Wildman–Crippen MR) is 277 cm³/mol. The Morgan fingerprint density at radius 1 is 0.500 bits per heavy atom. The van der Waals surface area contributed by atoms with Crippen LogP contribution in [0, 0.1) is 0 Å². The quantitative estimate of drug-likeness (QED) is 0.0205. The summed E-state index contributed by atoms with van der Waals surface area (Å²) in [5, 5.41) is 86.9. The van der Waals surface area contributed by atoms with E-state index in [9.17, 15) is 45.6 Å². The van der Waals surface area contributed by atoms with Gasteiger partial charge in [-0.15, -0.1) is 0 Å². The number of amides is 1. The van der Waals surface area contributed by atoms with E-state index < -0.39 is 86.8 Å². The number of ether oxygens (including phenoxy) is 4. The summed E-state index contributed by atoms with van der Waals surface area (Å²) in [6.07, 6.45) is 32.2. The molecule has 2 rings (SSSR count). The van der Waals surface area contributed by atoms with Crippen LogP contribution in [0.2, 0.25) is 0 Å². The highest BCUT2D eigenvalue weighted by Crippen LogP contribution is 2.30. The molecule has 1 amide bonds. The minimum atomic E-state index is -1.79. The Labute approximate surface area is 424 Å². The summed E-state index contributed by atoms with van der Waals surface area (Å²) in [6.45, 7) is 2.79. The molecule has 2 saturated heterocycles.